The van der Waals surface area contributed by atoms with Crippen molar-refractivity contribution in [3.05, 3.63) is 71.4 Å². The number of thiocarbonyl (C=S) groups is 1. The molecule has 4 rings (SSSR count). The molecule has 2 saturated heterocycles. The lowest BCUT2D eigenvalue weighted by atomic mass is 10.1. The fourth-order valence-electron chi connectivity index (χ4n) is 3.35. The average molecular weight is 394 g/mol. The van der Waals surface area contributed by atoms with Gasteiger partial charge < -0.3 is 14.8 Å². The lowest BCUT2D eigenvalue weighted by Gasteiger charge is -2.18. The van der Waals surface area contributed by atoms with E-state index in [0.717, 1.165) is 36.3 Å². The molecule has 144 valence electrons. The molecule has 0 spiro atoms. The number of para-hydroxylation sites is 1. The number of hydrogen-bond donors (Lipinski definition) is 1. The zero-order chi connectivity index (χ0) is 19.3. The van der Waals surface area contributed by atoms with Gasteiger partial charge in [-0.2, -0.15) is 0 Å². The Hall–Kier alpha value is -2.70. The first-order chi connectivity index (χ1) is 13.7. The molecular weight excluding hydrogens is 372 g/mol. The second-order valence-electron chi connectivity index (χ2n) is 6.85. The number of benzene rings is 2. The van der Waals surface area contributed by atoms with Crippen molar-refractivity contribution in [3.8, 4) is 5.75 Å². The predicted octanol–water partition coefficient (Wildman–Crippen LogP) is 3.50. The molecule has 2 aliphatic rings. The van der Waals surface area contributed by atoms with Gasteiger partial charge in [0, 0.05) is 12.2 Å². The third kappa shape index (κ3) is 4.24. The Morgan fingerprint density at radius 3 is 2.75 bits per heavy atom. The summed E-state index contributed by atoms with van der Waals surface area (Å²) in [5.41, 5.74) is 2.37. The lowest BCUT2D eigenvalue weighted by molar-refractivity contribution is -0.123. The summed E-state index contributed by atoms with van der Waals surface area (Å²) in [5, 5.41) is 3.46. The monoisotopic (exact) mass is 394 g/mol. The highest BCUT2D eigenvalue weighted by molar-refractivity contribution is 7.80. The molecule has 5 nitrogen and oxygen atoms in total. The number of carbonyl (C=O) groups excluding carboxylic acids is 1. The van der Waals surface area contributed by atoms with E-state index >= 15 is 0 Å². The van der Waals surface area contributed by atoms with E-state index in [0.29, 0.717) is 24.0 Å². The summed E-state index contributed by atoms with van der Waals surface area (Å²) in [6, 6.07) is 17.6. The molecule has 0 aliphatic carbocycles. The fourth-order valence-corrected chi connectivity index (χ4v) is 3.62. The summed E-state index contributed by atoms with van der Waals surface area (Å²) in [6.45, 7) is 1.71. The van der Waals surface area contributed by atoms with Crippen LogP contribution in [-0.4, -0.2) is 35.2 Å². The zero-order valence-corrected chi connectivity index (χ0v) is 16.3. The Balaban J connectivity index is 1.49. The van der Waals surface area contributed by atoms with E-state index in [1.807, 2.05) is 54.6 Å². The standard InChI is InChI=1S/C22H22N2O3S/c25-21-19(23-22(28)24(21)14-18-10-6-12-26-18)13-17-9-4-5-11-20(17)27-15-16-7-2-1-3-8-16/h1-5,7-9,11,13,18H,6,10,12,14-15H2,(H,23,28)/b19-13-/t18-/m1/s1. The van der Waals surface area contributed by atoms with Crippen LogP contribution in [0, 0.1) is 0 Å². The minimum absolute atomic E-state index is 0.0598. The number of rotatable bonds is 6. The molecule has 1 N–H and O–H groups in total. The SMILES string of the molecule is O=C1/C(=C/c2ccccc2OCc2ccccc2)NC(=S)N1C[C@H]1CCCO1. The zero-order valence-electron chi connectivity index (χ0n) is 15.5. The maximum absolute atomic E-state index is 12.8. The van der Waals surface area contributed by atoms with Crippen molar-refractivity contribution in [2.75, 3.05) is 13.2 Å². The Morgan fingerprint density at radius 2 is 1.96 bits per heavy atom. The normalized spacial score (nSPS) is 20.6. The van der Waals surface area contributed by atoms with Crippen molar-refractivity contribution < 1.29 is 14.3 Å². The summed E-state index contributed by atoms with van der Waals surface area (Å²) in [6.07, 6.45) is 3.85. The molecular formula is C22H22N2O3S. The van der Waals surface area contributed by atoms with Crippen LogP contribution < -0.4 is 10.1 Å². The summed E-state index contributed by atoms with van der Waals surface area (Å²) in [7, 11) is 0. The smallest absolute Gasteiger partial charge is 0.276 e. The van der Waals surface area contributed by atoms with Crippen molar-refractivity contribution in [1.82, 2.24) is 10.2 Å². The Kier molecular flexibility index (Phi) is 5.69. The molecule has 6 heteroatoms. The van der Waals surface area contributed by atoms with Gasteiger partial charge in [0.05, 0.1) is 12.6 Å². The summed E-state index contributed by atoms with van der Waals surface area (Å²) in [5.74, 6) is 0.593. The average Bonchev–Trinajstić information content (AvgIpc) is 3.32. The van der Waals surface area contributed by atoms with Crippen molar-refractivity contribution in [1.29, 1.82) is 0 Å². The molecule has 2 aromatic rings. The fraction of sp³-hybridized carbons (Fsp3) is 0.273. The molecule has 2 fully saturated rings. The number of nitrogens with zero attached hydrogens (tertiary/aromatic N) is 1. The van der Waals surface area contributed by atoms with Crippen LogP contribution in [0.25, 0.3) is 6.08 Å². The molecule has 2 aromatic carbocycles. The first-order valence-electron chi connectivity index (χ1n) is 9.42. The van der Waals surface area contributed by atoms with Crippen LogP contribution in [0.5, 0.6) is 5.75 Å². The van der Waals surface area contributed by atoms with Crippen molar-refractivity contribution in [3.63, 3.8) is 0 Å². The van der Waals surface area contributed by atoms with Crippen LogP contribution in [0.15, 0.2) is 60.3 Å². The molecule has 0 bridgehead atoms. The maximum Gasteiger partial charge on any atom is 0.276 e. The first-order valence-corrected chi connectivity index (χ1v) is 9.83. The molecule has 28 heavy (non-hydrogen) atoms. The molecule has 2 heterocycles. The van der Waals surface area contributed by atoms with E-state index in [-0.39, 0.29) is 12.0 Å². The van der Waals surface area contributed by atoms with Gasteiger partial charge in [0.15, 0.2) is 5.11 Å². The third-order valence-electron chi connectivity index (χ3n) is 4.83. The summed E-state index contributed by atoms with van der Waals surface area (Å²) in [4.78, 5) is 14.4. The van der Waals surface area contributed by atoms with Crippen molar-refractivity contribution in [2.45, 2.75) is 25.6 Å². The van der Waals surface area contributed by atoms with Gasteiger partial charge >= 0.3 is 0 Å². The molecule has 1 atom stereocenters. The van der Waals surface area contributed by atoms with E-state index in [1.165, 1.54) is 0 Å². The third-order valence-corrected chi connectivity index (χ3v) is 5.15. The largest absolute Gasteiger partial charge is 0.488 e. The summed E-state index contributed by atoms with van der Waals surface area (Å²) < 4.78 is 11.6. The number of carbonyl (C=O) groups is 1. The van der Waals surface area contributed by atoms with E-state index in [4.69, 9.17) is 21.7 Å². The van der Waals surface area contributed by atoms with Crippen LogP contribution in [-0.2, 0) is 16.1 Å². The van der Waals surface area contributed by atoms with E-state index < -0.39 is 0 Å². The topological polar surface area (TPSA) is 50.8 Å². The van der Waals surface area contributed by atoms with Gasteiger partial charge in [-0.25, -0.2) is 0 Å². The number of ether oxygens (including phenoxy) is 2. The highest BCUT2D eigenvalue weighted by Gasteiger charge is 2.33. The van der Waals surface area contributed by atoms with E-state index in [1.54, 1.807) is 11.0 Å². The van der Waals surface area contributed by atoms with Crippen molar-refractivity contribution in [2.24, 2.45) is 0 Å². The molecule has 0 unspecified atom stereocenters. The predicted molar refractivity (Wildman–Crippen MR) is 112 cm³/mol. The first kappa shape index (κ1) is 18.7. The van der Waals surface area contributed by atoms with Gasteiger partial charge in [-0.3, -0.25) is 9.69 Å². The molecule has 0 saturated carbocycles. The second kappa shape index (κ2) is 8.54. The van der Waals surface area contributed by atoms with Crippen molar-refractivity contribution >= 4 is 29.3 Å². The molecule has 1 amide bonds. The summed E-state index contributed by atoms with van der Waals surface area (Å²) >= 11 is 5.36. The number of nitrogens with one attached hydrogen (secondary N) is 1. The maximum atomic E-state index is 12.8. The lowest BCUT2D eigenvalue weighted by Crippen LogP contribution is -2.37. The van der Waals surface area contributed by atoms with E-state index in [9.17, 15) is 4.79 Å². The van der Waals surface area contributed by atoms with Gasteiger partial charge in [0.2, 0.25) is 0 Å². The van der Waals surface area contributed by atoms with E-state index in [2.05, 4.69) is 5.32 Å². The van der Waals surface area contributed by atoms with Gasteiger partial charge in [-0.1, -0.05) is 48.5 Å². The van der Waals surface area contributed by atoms with Crippen LogP contribution in [0.2, 0.25) is 0 Å². The highest BCUT2D eigenvalue weighted by atomic mass is 32.1. The second-order valence-corrected chi connectivity index (χ2v) is 7.24. The Labute approximate surface area is 169 Å². The molecule has 0 aromatic heterocycles. The molecule has 0 radical (unpaired) electrons. The van der Waals surface area contributed by atoms with Crippen LogP contribution >= 0.6 is 12.2 Å². The minimum Gasteiger partial charge on any atom is -0.488 e. The quantitative estimate of drug-likeness (QED) is 0.600. The highest BCUT2D eigenvalue weighted by Crippen LogP contribution is 2.24. The van der Waals surface area contributed by atoms with Crippen LogP contribution in [0.3, 0.4) is 0 Å². The van der Waals surface area contributed by atoms with Gasteiger partial charge in [0.25, 0.3) is 5.91 Å². The van der Waals surface area contributed by atoms with Gasteiger partial charge in [-0.05, 0) is 42.8 Å². The Morgan fingerprint density at radius 1 is 1.18 bits per heavy atom. The minimum atomic E-state index is -0.127. The number of amides is 1. The number of hydrogen-bond acceptors (Lipinski definition) is 4. The van der Waals surface area contributed by atoms with Gasteiger partial charge in [0.1, 0.15) is 18.1 Å². The van der Waals surface area contributed by atoms with Crippen LogP contribution in [0.1, 0.15) is 24.0 Å². The van der Waals surface area contributed by atoms with Gasteiger partial charge in [-0.15, -0.1) is 0 Å². The Bertz CT molecular complexity index is 892. The molecule has 2 aliphatic heterocycles. The van der Waals surface area contributed by atoms with Crippen LogP contribution in [0.4, 0.5) is 0 Å².